The molecule has 0 aliphatic rings. The first-order valence-electron chi connectivity index (χ1n) is 7.73. The highest BCUT2D eigenvalue weighted by molar-refractivity contribution is 5.79. The molecule has 1 aromatic heterocycles. The second-order valence-electron chi connectivity index (χ2n) is 5.80. The normalized spacial score (nSPS) is 13.0. The summed E-state index contributed by atoms with van der Waals surface area (Å²) in [5, 5.41) is 2.80. The standard InChI is InChI=1S/C18H16F3N3O/c1-11(17-23-14-4-2-3-5-15(14)24-17)22-16(25)10-12-6-8-13(9-7-12)18(19,20)21/h2-9,11H,10H2,1H3,(H,22,25)(H,23,24)/t11-/m1/s1. The maximum atomic E-state index is 12.5. The second-order valence-corrected chi connectivity index (χ2v) is 5.80. The Kier molecular flexibility index (Phi) is 4.48. The number of carbonyl (C=O) groups excluding carboxylic acids is 1. The van der Waals surface area contributed by atoms with Gasteiger partial charge in [0, 0.05) is 0 Å². The van der Waals surface area contributed by atoms with Crippen LogP contribution in [0.15, 0.2) is 48.5 Å². The Labute approximate surface area is 142 Å². The summed E-state index contributed by atoms with van der Waals surface area (Å²) in [7, 11) is 0. The highest BCUT2D eigenvalue weighted by atomic mass is 19.4. The number of fused-ring (bicyclic) bond motifs is 1. The zero-order chi connectivity index (χ0) is 18.0. The molecule has 0 bridgehead atoms. The monoisotopic (exact) mass is 347 g/mol. The Morgan fingerprint density at radius 2 is 1.84 bits per heavy atom. The largest absolute Gasteiger partial charge is 0.416 e. The average molecular weight is 347 g/mol. The molecule has 3 rings (SSSR count). The number of rotatable bonds is 4. The van der Waals surface area contributed by atoms with Gasteiger partial charge >= 0.3 is 6.18 Å². The molecule has 0 unspecified atom stereocenters. The zero-order valence-corrected chi connectivity index (χ0v) is 13.4. The van der Waals surface area contributed by atoms with Crippen LogP contribution in [-0.4, -0.2) is 15.9 Å². The van der Waals surface area contributed by atoms with Crippen molar-refractivity contribution < 1.29 is 18.0 Å². The number of H-pyrrole nitrogens is 1. The lowest BCUT2D eigenvalue weighted by Crippen LogP contribution is -2.28. The zero-order valence-electron chi connectivity index (χ0n) is 13.4. The number of carbonyl (C=O) groups is 1. The van der Waals surface area contributed by atoms with E-state index in [1.165, 1.54) is 12.1 Å². The van der Waals surface area contributed by atoms with Crippen LogP contribution >= 0.6 is 0 Å². The molecule has 0 radical (unpaired) electrons. The van der Waals surface area contributed by atoms with Gasteiger partial charge in [0.2, 0.25) is 5.91 Å². The van der Waals surface area contributed by atoms with Gasteiger partial charge in [0.15, 0.2) is 0 Å². The third kappa shape index (κ3) is 3.99. The van der Waals surface area contributed by atoms with Crippen LogP contribution in [0.1, 0.15) is 29.9 Å². The molecular weight excluding hydrogens is 331 g/mol. The molecule has 7 heteroatoms. The van der Waals surface area contributed by atoms with Gasteiger partial charge in [0.05, 0.1) is 29.1 Å². The molecule has 3 aromatic rings. The van der Waals surface area contributed by atoms with Crippen molar-refractivity contribution in [3.63, 3.8) is 0 Å². The number of nitrogens with zero attached hydrogens (tertiary/aromatic N) is 1. The van der Waals surface area contributed by atoms with Crippen molar-refractivity contribution in [3.05, 3.63) is 65.5 Å². The van der Waals surface area contributed by atoms with Gasteiger partial charge in [-0.25, -0.2) is 4.98 Å². The van der Waals surface area contributed by atoms with E-state index in [9.17, 15) is 18.0 Å². The lowest BCUT2D eigenvalue weighted by Gasteiger charge is -2.12. The molecule has 0 fully saturated rings. The van der Waals surface area contributed by atoms with Gasteiger partial charge in [-0.1, -0.05) is 24.3 Å². The molecule has 0 aliphatic heterocycles. The SMILES string of the molecule is C[C@@H](NC(=O)Cc1ccc(C(F)(F)F)cc1)c1nc2ccccc2[nH]1. The fourth-order valence-electron chi connectivity index (χ4n) is 2.54. The van der Waals surface area contributed by atoms with Gasteiger partial charge in [-0.3, -0.25) is 4.79 Å². The van der Waals surface area contributed by atoms with Crippen LogP contribution in [0.4, 0.5) is 13.2 Å². The van der Waals surface area contributed by atoms with Crippen molar-refractivity contribution in [3.8, 4) is 0 Å². The number of imidazole rings is 1. The van der Waals surface area contributed by atoms with Crippen molar-refractivity contribution in [2.24, 2.45) is 0 Å². The van der Waals surface area contributed by atoms with Crippen LogP contribution in [0.2, 0.25) is 0 Å². The molecule has 1 amide bonds. The Balaban J connectivity index is 1.63. The van der Waals surface area contributed by atoms with Crippen molar-refractivity contribution in [1.82, 2.24) is 15.3 Å². The molecule has 1 heterocycles. The summed E-state index contributed by atoms with van der Waals surface area (Å²) in [6.07, 6.45) is -4.38. The summed E-state index contributed by atoms with van der Waals surface area (Å²) in [4.78, 5) is 19.7. The molecule has 2 aromatic carbocycles. The van der Waals surface area contributed by atoms with Crippen molar-refractivity contribution in [2.75, 3.05) is 0 Å². The maximum Gasteiger partial charge on any atom is 0.416 e. The summed E-state index contributed by atoms with van der Waals surface area (Å²) >= 11 is 0. The number of aromatic nitrogens is 2. The number of hydrogen-bond acceptors (Lipinski definition) is 2. The van der Waals surface area contributed by atoms with Crippen LogP contribution < -0.4 is 5.32 Å². The lowest BCUT2D eigenvalue weighted by molar-refractivity contribution is -0.137. The van der Waals surface area contributed by atoms with E-state index < -0.39 is 11.7 Å². The van der Waals surface area contributed by atoms with E-state index in [4.69, 9.17) is 0 Å². The number of para-hydroxylation sites is 2. The molecule has 0 aliphatic carbocycles. The van der Waals surface area contributed by atoms with Gasteiger partial charge in [-0.2, -0.15) is 13.2 Å². The van der Waals surface area contributed by atoms with E-state index in [0.717, 1.165) is 23.2 Å². The van der Waals surface area contributed by atoms with Crippen molar-refractivity contribution in [2.45, 2.75) is 25.6 Å². The number of alkyl halides is 3. The highest BCUT2D eigenvalue weighted by Gasteiger charge is 2.30. The van der Waals surface area contributed by atoms with E-state index in [2.05, 4.69) is 15.3 Å². The molecule has 2 N–H and O–H groups in total. The van der Waals surface area contributed by atoms with Crippen LogP contribution in [-0.2, 0) is 17.4 Å². The third-order valence-corrected chi connectivity index (χ3v) is 3.84. The molecule has 0 saturated heterocycles. The molecule has 130 valence electrons. The van der Waals surface area contributed by atoms with Crippen LogP contribution in [0.5, 0.6) is 0 Å². The first-order valence-corrected chi connectivity index (χ1v) is 7.73. The Hall–Kier alpha value is -2.83. The van der Waals surface area contributed by atoms with E-state index in [1.54, 1.807) is 6.92 Å². The fourth-order valence-corrected chi connectivity index (χ4v) is 2.54. The molecular formula is C18H16F3N3O. The minimum atomic E-state index is -4.38. The van der Waals surface area contributed by atoms with Crippen LogP contribution in [0.25, 0.3) is 11.0 Å². The van der Waals surface area contributed by atoms with E-state index in [1.807, 2.05) is 24.3 Å². The minimum Gasteiger partial charge on any atom is -0.346 e. The predicted molar refractivity (Wildman–Crippen MR) is 87.8 cm³/mol. The summed E-state index contributed by atoms with van der Waals surface area (Å²) in [6, 6.07) is 11.8. The molecule has 25 heavy (non-hydrogen) atoms. The van der Waals surface area contributed by atoms with Gasteiger partial charge in [-0.05, 0) is 36.8 Å². The summed E-state index contributed by atoms with van der Waals surface area (Å²) in [6.45, 7) is 1.79. The second kappa shape index (κ2) is 6.58. The summed E-state index contributed by atoms with van der Waals surface area (Å²) < 4.78 is 37.6. The molecule has 4 nitrogen and oxygen atoms in total. The highest BCUT2D eigenvalue weighted by Crippen LogP contribution is 2.29. The smallest absolute Gasteiger partial charge is 0.346 e. The Morgan fingerprint density at radius 1 is 1.16 bits per heavy atom. The number of benzene rings is 2. The van der Waals surface area contributed by atoms with E-state index in [0.29, 0.717) is 11.4 Å². The quantitative estimate of drug-likeness (QED) is 0.749. The Bertz CT molecular complexity index is 851. The number of amides is 1. The van der Waals surface area contributed by atoms with E-state index >= 15 is 0 Å². The van der Waals surface area contributed by atoms with Crippen molar-refractivity contribution in [1.29, 1.82) is 0 Å². The van der Waals surface area contributed by atoms with Crippen LogP contribution in [0.3, 0.4) is 0 Å². The van der Waals surface area contributed by atoms with E-state index in [-0.39, 0.29) is 18.4 Å². The first-order chi connectivity index (χ1) is 11.8. The average Bonchev–Trinajstić information content (AvgIpc) is 2.98. The topological polar surface area (TPSA) is 57.8 Å². The molecule has 0 spiro atoms. The Morgan fingerprint density at radius 3 is 2.48 bits per heavy atom. The number of nitrogens with one attached hydrogen (secondary N) is 2. The maximum absolute atomic E-state index is 12.5. The van der Waals surface area contributed by atoms with Gasteiger partial charge < -0.3 is 10.3 Å². The van der Waals surface area contributed by atoms with Crippen LogP contribution in [0, 0.1) is 0 Å². The number of halogens is 3. The number of hydrogen-bond donors (Lipinski definition) is 2. The van der Waals surface area contributed by atoms with Gasteiger partial charge in [0.25, 0.3) is 0 Å². The summed E-state index contributed by atoms with van der Waals surface area (Å²) in [5.74, 6) is 0.342. The summed E-state index contributed by atoms with van der Waals surface area (Å²) in [5.41, 5.74) is 1.47. The molecule has 1 atom stereocenters. The van der Waals surface area contributed by atoms with Gasteiger partial charge in [0.1, 0.15) is 5.82 Å². The fraction of sp³-hybridized carbons (Fsp3) is 0.222. The van der Waals surface area contributed by atoms with Crippen molar-refractivity contribution >= 4 is 16.9 Å². The predicted octanol–water partition coefficient (Wildman–Crippen LogP) is 4.00. The third-order valence-electron chi connectivity index (χ3n) is 3.84. The van der Waals surface area contributed by atoms with Gasteiger partial charge in [-0.15, -0.1) is 0 Å². The molecule has 0 saturated carbocycles. The lowest BCUT2D eigenvalue weighted by atomic mass is 10.1. The number of aromatic amines is 1. The first kappa shape index (κ1) is 17.0. The minimum absolute atomic E-state index is 0.00268.